The molecule has 0 spiro atoms. The van der Waals surface area contributed by atoms with Gasteiger partial charge >= 0.3 is 0 Å². The van der Waals surface area contributed by atoms with Crippen molar-refractivity contribution in [1.82, 2.24) is 19.9 Å². The summed E-state index contributed by atoms with van der Waals surface area (Å²) in [5.41, 5.74) is 3.39. The normalized spacial score (nSPS) is 11.5. The maximum Gasteiger partial charge on any atom is 0.264 e. The molecule has 0 aliphatic rings. The second-order valence-electron chi connectivity index (χ2n) is 7.72. The van der Waals surface area contributed by atoms with Gasteiger partial charge in [0, 0.05) is 33.0 Å². The molecule has 3 aromatic heterocycles. The Morgan fingerprint density at radius 1 is 0.914 bits per heavy atom. The fraction of sp³-hybridized carbons (Fsp3) is 0.0833. The number of rotatable bonds is 6. The van der Waals surface area contributed by atoms with Crippen molar-refractivity contribution < 1.29 is 8.42 Å². The molecule has 3 heterocycles. The molecule has 0 radical (unpaired) electrons. The molecule has 35 heavy (non-hydrogen) atoms. The maximum atomic E-state index is 12.7. The molecule has 0 unspecified atom stereocenters. The molecule has 2 aromatic carbocycles. The highest BCUT2D eigenvalue weighted by molar-refractivity contribution is 7.92. The molecule has 5 aromatic rings. The number of fused-ring (bicyclic) bond motifs is 1. The van der Waals surface area contributed by atoms with E-state index in [4.69, 9.17) is 11.6 Å². The lowest BCUT2D eigenvalue weighted by atomic mass is 10.0. The van der Waals surface area contributed by atoms with Crippen LogP contribution in [-0.4, -0.2) is 28.4 Å². The molecule has 2 N–H and O–H groups in total. The van der Waals surface area contributed by atoms with Crippen molar-refractivity contribution in [2.75, 3.05) is 10.0 Å². The van der Waals surface area contributed by atoms with Crippen LogP contribution in [0.2, 0.25) is 5.02 Å². The van der Waals surface area contributed by atoms with Gasteiger partial charge in [-0.05, 0) is 61.9 Å². The van der Waals surface area contributed by atoms with Gasteiger partial charge < -0.3 is 5.32 Å². The average Bonchev–Trinajstić information content (AvgIpc) is 3.16. The lowest BCUT2D eigenvalue weighted by Gasteiger charge is -2.11. The first kappa shape index (κ1) is 23.2. The van der Waals surface area contributed by atoms with Crippen molar-refractivity contribution in [2.45, 2.75) is 18.7 Å². The molecule has 176 valence electrons. The van der Waals surface area contributed by atoms with E-state index in [0.29, 0.717) is 22.2 Å². The number of sulfonamides is 1. The van der Waals surface area contributed by atoms with Crippen LogP contribution in [0.4, 0.5) is 17.5 Å². The van der Waals surface area contributed by atoms with E-state index in [1.165, 1.54) is 24.7 Å². The number of nitrogens with one attached hydrogen (secondary N) is 2. The highest BCUT2D eigenvalue weighted by Gasteiger charge is 2.18. The predicted molar refractivity (Wildman–Crippen MR) is 140 cm³/mol. The first-order chi connectivity index (χ1) is 16.8. The van der Waals surface area contributed by atoms with Crippen LogP contribution in [-0.2, 0) is 10.0 Å². The van der Waals surface area contributed by atoms with Gasteiger partial charge in [-0.2, -0.15) is 0 Å². The van der Waals surface area contributed by atoms with Gasteiger partial charge in [0.2, 0.25) is 5.95 Å². The zero-order valence-corrected chi connectivity index (χ0v) is 21.0. The smallest absolute Gasteiger partial charge is 0.264 e. The fourth-order valence-corrected chi connectivity index (χ4v) is 5.72. The van der Waals surface area contributed by atoms with Crippen molar-refractivity contribution in [3.05, 3.63) is 82.7 Å². The zero-order valence-electron chi connectivity index (χ0n) is 18.7. The maximum absolute atomic E-state index is 12.7. The highest BCUT2D eigenvalue weighted by Crippen LogP contribution is 2.41. The van der Waals surface area contributed by atoms with Crippen molar-refractivity contribution >= 4 is 60.6 Å². The number of hydrogen-bond donors (Lipinski definition) is 2. The van der Waals surface area contributed by atoms with Gasteiger partial charge in [0.15, 0.2) is 0 Å². The second-order valence-corrected chi connectivity index (χ2v) is 11.0. The molecule has 0 saturated carbocycles. The van der Waals surface area contributed by atoms with Crippen LogP contribution in [0.25, 0.3) is 21.3 Å². The van der Waals surface area contributed by atoms with Crippen molar-refractivity contribution in [2.24, 2.45) is 0 Å². The third-order valence-electron chi connectivity index (χ3n) is 5.25. The Morgan fingerprint density at radius 2 is 1.66 bits per heavy atom. The number of benzene rings is 2. The number of hydrogen-bond acceptors (Lipinski definition) is 8. The summed E-state index contributed by atoms with van der Waals surface area (Å²) in [6.07, 6.45) is 3.01. The highest BCUT2D eigenvalue weighted by atomic mass is 35.5. The van der Waals surface area contributed by atoms with Crippen molar-refractivity contribution in [1.29, 1.82) is 0 Å². The molecule has 0 aliphatic heterocycles. The number of aryl methyl sites for hydroxylation is 2. The average molecular weight is 523 g/mol. The minimum Gasteiger partial charge on any atom is -0.340 e. The van der Waals surface area contributed by atoms with E-state index in [9.17, 15) is 8.42 Å². The van der Waals surface area contributed by atoms with Crippen molar-refractivity contribution in [3.63, 3.8) is 0 Å². The standard InChI is InChI=1S/C24H19ClN6O2S2/c1-14-11-12-26-24(29-14)31-35(32,33)19-9-7-18(8-10-19)30-22-21-20(16-3-5-17(25)6-4-16)15(2)34-23(21)28-13-27-22/h3-13H,1-2H3,(H,26,29,31)(H,27,28,30). The molecule has 0 atom stereocenters. The summed E-state index contributed by atoms with van der Waals surface area (Å²) in [4.78, 5) is 19.0. The van der Waals surface area contributed by atoms with Crippen LogP contribution in [0.3, 0.4) is 0 Å². The summed E-state index contributed by atoms with van der Waals surface area (Å²) >= 11 is 7.66. The summed E-state index contributed by atoms with van der Waals surface area (Å²) < 4.78 is 27.9. The zero-order chi connectivity index (χ0) is 24.6. The van der Waals surface area contributed by atoms with E-state index >= 15 is 0 Å². The molecular formula is C24H19ClN6O2S2. The Morgan fingerprint density at radius 3 is 2.37 bits per heavy atom. The summed E-state index contributed by atoms with van der Waals surface area (Å²) in [5.74, 6) is 0.657. The van der Waals surface area contributed by atoms with Crippen LogP contribution in [0, 0.1) is 13.8 Å². The monoisotopic (exact) mass is 522 g/mol. The van der Waals surface area contributed by atoms with Crippen LogP contribution >= 0.6 is 22.9 Å². The van der Waals surface area contributed by atoms with E-state index in [1.54, 1.807) is 36.5 Å². The van der Waals surface area contributed by atoms with Crippen LogP contribution in [0.1, 0.15) is 10.6 Å². The minimum absolute atomic E-state index is 0.0261. The Labute approximate surface area is 211 Å². The van der Waals surface area contributed by atoms with Crippen LogP contribution in [0.15, 0.2) is 72.0 Å². The van der Waals surface area contributed by atoms with E-state index in [0.717, 1.165) is 26.2 Å². The molecule has 8 nitrogen and oxygen atoms in total. The third kappa shape index (κ3) is 4.81. The summed E-state index contributed by atoms with van der Waals surface area (Å²) in [5, 5.41) is 4.87. The van der Waals surface area contributed by atoms with Gasteiger partial charge in [-0.3, -0.25) is 0 Å². The number of aromatic nitrogens is 4. The Balaban J connectivity index is 1.45. The second kappa shape index (κ2) is 9.21. The molecule has 0 aliphatic carbocycles. The van der Waals surface area contributed by atoms with Gasteiger partial charge in [0.05, 0.1) is 10.3 Å². The largest absolute Gasteiger partial charge is 0.340 e. The minimum atomic E-state index is -3.83. The topological polar surface area (TPSA) is 110 Å². The van der Waals surface area contributed by atoms with Gasteiger partial charge in [-0.15, -0.1) is 11.3 Å². The summed E-state index contributed by atoms with van der Waals surface area (Å²) in [6.45, 7) is 3.81. The third-order valence-corrected chi connectivity index (χ3v) is 7.85. The molecule has 0 amide bonds. The van der Waals surface area contributed by atoms with E-state index < -0.39 is 10.0 Å². The van der Waals surface area contributed by atoms with Crippen LogP contribution in [0.5, 0.6) is 0 Å². The Bertz CT molecular complexity index is 1640. The quantitative estimate of drug-likeness (QED) is 0.283. The van der Waals surface area contributed by atoms with Gasteiger partial charge in [-0.1, -0.05) is 23.7 Å². The Kier molecular flexibility index (Phi) is 6.10. The lowest BCUT2D eigenvalue weighted by molar-refractivity contribution is 0.601. The first-order valence-corrected chi connectivity index (χ1v) is 13.2. The molecule has 11 heteroatoms. The van der Waals surface area contributed by atoms with Gasteiger partial charge in [0.1, 0.15) is 17.0 Å². The Hall–Kier alpha value is -3.60. The number of anilines is 3. The fourth-order valence-electron chi connectivity index (χ4n) is 3.63. The van der Waals surface area contributed by atoms with Gasteiger partial charge in [-0.25, -0.2) is 33.1 Å². The lowest BCUT2D eigenvalue weighted by Crippen LogP contribution is -2.15. The molecule has 0 saturated heterocycles. The molecule has 0 fully saturated rings. The van der Waals surface area contributed by atoms with Crippen molar-refractivity contribution in [3.8, 4) is 11.1 Å². The molecule has 0 bridgehead atoms. The van der Waals surface area contributed by atoms with E-state index in [1.807, 2.05) is 31.2 Å². The number of halogens is 1. The predicted octanol–water partition coefficient (Wildman–Crippen LogP) is 5.96. The van der Waals surface area contributed by atoms with Gasteiger partial charge in [0.25, 0.3) is 10.0 Å². The first-order valence-electron chi connectivity index (χ1n) is 10.5. The molecule has 5 rings (SSSR count). The molecular weight excluding hydrogens is 504 g/mol. The van der Waals surface area contributed by atoms with E-state index in [-0.39, 0.29) is 10.8 Å². The number of thiophene rings is 1. The number of nitrogens with zero attached hydrogens (tertiary/aromatic N) is 4. The summed E-state index contributed by atoms with van der Waals surface area (Å²) in [7, 11) is -3.83. The summed E-state index contributed by atoms with van der Waals surface area (Å²) in [6, 6.07) is 15.7. The van der Waals surface area contributed by atoms with E-state index in [2.05, 4.69) is 30.0 Å². The SMILES string of the molecule is Cc1ccnc(NS(=O)(=O)c2ccc(Nc3ncnc4sc(C)c(-c5ccc(Cl)cc5)c34)cc2)n1. The van der Waals surface area contributed by atoms with Crippen LogP contribution < -0.4 is 10.0 Å².